The molecular formula is C17H24N4O2. The summed E-state index contributed by atoms with van der Waals surface area (Å²) >= 11 is 0. The van der Waals surface area contributed by atoms with Gasteiger partial charge in [0.15, 0.2) is 0 Å². The lowest BCUT2D eigenvalue weighted by Crippen LogP contribution is -2.44. The number of rotatable bonds is 4. The zero-order valence-corrected chi connectivity index (χ0v) is 13.4. The molecule has 1 aromatic rings. The van der Waals surface area contributed by atoms with Crippen LogP contribution in [-0.4, -0.2) is 57.3 Å². The molecule has 1 saturated carbocycles. The first-order valence-electron chi connectivity index (χ1n) is 8.74. The van der Waals surface area contributed by atoms with Crippen LogP contribution >= 0.6 is 0 Å². The SMILES string of the molecule is O=C1C[C@@H](C(=O)N2CCC[C@H](n3ccnc3)C2)CN1CC1CC1. The van der Waals surface area contributed by atoms with Crippen molar-refractivity contribution < 1.29 is 9.59 Å². The molecule has 1 aliphatic carbocycles. The third kappa shape index (κ3) is 3.12. The number of piperidine rings is 1. The van der Waals surface area contributed by atoms with Gasteiger partial charge in [-0.3, -0.25) is 9.59 Å². The zero-order chi connectivity index (χ0) is 15.8. The van der Waals surface area contributed by atoms with Crippen LogP contribution in [0.15, 0.2) is 18.7 Å². The number of nitrogens with zero attached hydrogens (tertiary/aromatic N) is 4. The van der Waals surface area contributed by atoms with Crippen LogP contribution in [0, 0.1) is 11.8 Å². The molecule has 3 aliphatic rings. The molecule has 2 atom stereocenters. The second-order valence-electron chi connectivity index (χ2n) is 7.23. The van der Waals surface area contributed by atoms with Crippen molar-refractivity contribution >= 4 is 11.8 Å². The first kappa shape index (κ1) is 14.7. The van der Waals surface area contributed by atoms with Crippen molar-refractivity contribution in [1.82, 2.24) is 19.4 Å². The highest BCUT2D eigenvalue weighted by atomic mass is 16.2. The molecule has 3 heterocycles. The van der Waals surface area contributed by atoms with E-state index in [0.29, 0.717) is 24.9 Å². The number of aromatic nitrogens is 2. The minimum absolute atomic E-state index is 0.136. The molecular weight excluding hydrogens is 292 g/mol. The maximum absolute atomic E-state index is 12.8. The summed E-state index contributed by atoms with van der Waals surface area (Å²) in [6, 6.07) is 0.315. The summed E-state index contributed by atoms with van der Waals surface area (Å²) in [7, 11) is 0. The Morgan fingerprint density at radius 3 is 2.87 bits per heavy atom. The quantitative estimate of drug-likeness (QED) is 0.841. The van der Waals surface area contributed by atoms with Crippen molar-refractivity contribution in [3.05, 3.63) is 18.7 Å². The van der Waals surface area contributed by atoms with E-state index in [4.69, 9.17) is 0 Å². The van der Waals surface area contributed by atoms with Crippen molar-refractivity contribution in [3.8, 4) is 0 Å². The van der Waals surface area contributed by atoms with E-state index in [1.807, 2.05) is 22.3 Å². The molecule has 0 unspecified atom stereocenters. The van der Waals surface area contributed by atoms with Gasteiger partial charge >= 0.3 is 0 Å². The molecule has 23 heavy (non-hydrogen) atoms. The van der Waals surface area contributed by atoms with E-state index >= 15 is 0 Å². The van der Waals surface area contributed by atoms with Crippen LogP contribution in [0.2, 0.25) is 0 Å². The van der Waals surface area contributed by atoms with Crippen LogP contribution in [0.5, 0.6) is 0 Å². The number of carbonyl (C=O) groups excluding carboxylic acids is 2. The summed E-state index contributed by atoms with van der Waals surface area (Å²) in [5, 5.41) is 0. The summed E-state index contributed by atoms with van der Waals surface area (Å²) in [5.74, 6) is 0.885. The lowest BCUT2D eigenvalue weighted by atomic mass is 10.0. The minimum atomic E-state index is -0.136. The molecule has 0 aromatic carbocycles. The van der Waals surface area contributed by atoms with Gasteiger partial charge in [0.2, 0.25) is 11.8 Å². The number of imidazole rings is 1. The first-order chi connectivity index (χ1) is 11.2. The molecule has 0 N–H and O–H groups in total. The normalized spacial score (nSPS) is 28.4. The second kappa shape index (κ2) is 5.98. The lowest BCUT2D eigenvalue weighted by molar-refractivity contribution is -0.137. The summed E-state index contributed by atoms with van der Waals surface area (Å²) in [6.07, 6.45) is 10.6. The molecule has 3 fully saturated rings. The smallest absolute Gasteiger partial charge is 0.228 e. The van der Waals surface area contributed by atoms with Crippen molar-refractivity contribution in [2.75, 3.05) is 26.2 Å². The fourth-order valence-electron chi connectivity index (χ4n) is 3.87. The summed E-state index contributed by atoms with van der Waals surface area (Å²) in [4.78, 5) is 32.9. The number of hydrogen-bond donors (Lipinski definition) is 0. The van der Waals surface area contributed by atoms with Gasteiger partial charge in [0.1, 0.15) is 0 Å². The van der Waals surface area contributed by atoms with Crippen molar-refractivity contribution in [1.29, 1.82) is 0 Å². The Bertz CT molecular complexity index is 581. The molecule has 124 valence electrons. The Labute approximate surface area is 136 Å². The van der Waals surface area contributed by atoms with Crippen LogP contribution in [0.1, 0.15) is 38.1 Å². The minimum Gasteiger partial charge on any atom is -0.342 e. The fourth-order valence-corrected chi connectivity index (χ4v) is 3.87. The number of hydrogen-bond acceptors (Lipinski definition) is 3. The van der Waals surface area contributed by atoms with Gasteiger partial charge in [-0.05, 0) is 31.6 Å². The van der Waals surface area contributed by atoms with Gasteiger partial charge in [-0.15, -0.1) is 0 Å². The van der Waals surface area contributed by atoms with Gasteiger partial charge in [-0.1, -0.05) is 0 Å². The Hall–Kier alpha value is -1.85. The molecule has 4 rings (SSSR count). The first-order valence-corrected chi connectivity index (χ1v) is 8.74. The highest BCUT2D eigenvalue weighted by molar-refractivity contribution is 5.89. The molecule has 0 bridgehead atoms. The van der Waals surface area contributed by atoms with Crippen LogP contribution in [0.3, 0.4) is 0 Å². The third-order valence-corrected chi connectivity index (χ3v) is 5.39. The van der Waals surface area contributed by atoms with Crippen LogP contribution in [0.4, 0.5) is 0 Å². The second-order valence-corrected chi connectivity index (χ2v) is 7.23. The van der Waals surface area contributed by atoms with E-state index < -0.39 is 0 Å². The highest BCUT2D eigenvalue weighted by Gasteiger charge is 2.39. The Morgan fingerprint density at radius 2 is 2.13 bits per heavy atom. The van der Waals surface area contributed by atoms with E-state index in [9.17, 15) is 9.59 Å². The molecule has 0 spiro atoms. The maximum atomic E-state index is 12.8. The monoisotopic (exact) mass is 316 g/mol. The van der Waals surface area contributed by atoms with E-state index in [1.165, 1.54) is 12.8 Å². The summed E-state index contributed by atoms with van der Waals surface area (Å²) in [6.45, 7) is 3.04. The number of carbonyl (C=O) groups is 2. The van der Waals surface area contributed by atoms with Crippen molar-refractivity contribution in [2.24, 2.45) is 11.8 Å². The van der Waals surface area contributed by atoms with Gasteiger partial charge in [-0.2, -0.15) is 0 Å². The van der Waals surface area contributed by atoms with E-state index in [2.05, 4.69) is 9.55 Å². The van der Waals surface area contributed by atoms with Crippen LogP contribution in [0.25, 0.3) is 0 Å². The fraction of sp³-hybridized carbons (Fsp3) is 0.706. The van der Waals surface area contributed by atoms with Gasteiger partial charge in [0.25, 0.3) is 0 Å². The largest absolute Gasteiger partial charge is 0.342 e. The molecule has 6 nitrogen and oxygen atoms in total. The Balaban J connectivity index is 1.37. The maximum Gasteiger partial charge on any atom is 0.228 e. The predicted molar refractivity (Wildman–Crippen MR) is 84.5 cm³/mol. The highest BCUT2D eigenvalue weighted by Crippen LogP contribution is 2.32. The molecule has 6 heteroatoms. The predicted octanol–water partition coefficient (Wildman–Crippen LogP) is 1.31. The van der Waals surface area contributed by atoms with Gasteiger partial charge in [-0.25, -0.2) is 4.98 Å². The molecule has 1 aromatic heterocycles. The van der Waals surface area contributed by atoms with Crippen LogP contribution in [-0.2, 0) is 9.59 Å². The average molecular weight is 316 g/mol. The van der Waals surface area contributed by atoms with Crippen molar-refractivity contribution in [3.63, 3.8) is 0 Å². The lowest BCUT2D eigenvalue weighted by Gasteiger charge is -2.34. The summed E-state index contributed by atoms with van der Waals surface area (Å²) in [5.41, 5.74) is 0. The molecule has 0 radical (unpaired) electrons. The van der Waals surface area contributed by atoms with Crippen LogP contribution < -0.4 is 0 Å². The Kier molecular flexibility index (Phi) is 3.83. The van der Waals surface area contributed by atoms with Gasteiger partial charge in [0, 0.05) is 45.0 Å². The standard InChI is InChI=1S/C17H24N4O2/c22-16-8-14(10-21(16)9-13-3-4-13)17(23)19-6-1-2-15(11-19)20-7-5-18-12-20/h5,7,12-15H,1-4,6,8-11H2/t14-,15+/m1/s1. The Morgan fingerprint density at radius 1 is 1.26 bits per heavy atom. The number of amides is 2. The zero-order valence-electron chi connectivity index (χ0n) is 13.4. The van der Waals surface area contributed by atoms with Crippen molar-refractivity contribution in [2.45, 2.75) is 38.1 Å². The van der Waals surface area contributed by atoms with E-state index in [0.717, 1.165) is 32.5 Å². The van der Waals surface area contributed by atoms with Gasteiger partial charge in [0.05, 0.1) is 18.3 Å². The molecule has 2 aliphatic heterocycles. The number of likely N-dealkylation sites (tertiary alicyclic amines) is 2. The molecule has 2 amide bonds. The molecule has 2 saturated heterocycles. The van der Waals surface area contributed by atoms with Gasteiger partial charge < -0.3 is 14.4 Å². The van der Waals surface area contributed by atoms with E-state index in [-0.39, 0.29) is 17.7 Å². The average Bonchev–Trinajstić information content (AvgIpc) is 3.08. The topological polar surface area (TPSA) is 58.4 Å². The summed E-state index contributed by atoms with van der Waals surface area (Å²) < 4.78 is 2.10. The van der Waals surface area contributed by atoms with E-state index in [1.54, 1.807) is 6.20 Å². The third-order valence-electron chi connectivity index (χ3n) is 5.39.